The maximum atomic E-state index is 11.0. The van der Waals surface area contributed by atoms with Gasteiger partial charge in [-0.1, -0.05) is 0 Å². The van der Waals surface area contributed by atoms with Gasteiger partial charge in [0, 0.05) is 11.8 Å². The normalized spacial score (nSPS) is 64.8. The zero-order valence-electron chi connectivity index (χ0n) is 4.63. The topological polar surface area (TPSA) is 17.1 Å². The lowest BCUT2D eigenvalue weighted by Gasteiger charge is -1.90. The van der Waals surface area contributed by atoms with Crippen molar-refractivity contribution in [2.45, 2.75) is 12.8 Å². The van der Waals surface area contributed by atoms with Crippen LogP contribution in [-0.4, -0.2) is 5.78 Å². The largest absolute Gasteiger partial charge is 0.299 e. The molecule has 4 aliphatic rings. The van der Waals surface area contributed by atoms with Gasteiger partial charge >= 0.3 is 0 Å². The molecular weight excluding hydrogens is 100 g/mol. The molecule has 0 heterocycles. The minimum Gasteiger partial charge on any atom is -0.299 e. The zero-order chi connectivity index (χ0) is 5.30. The Morgan fingerprint density at radius 3 is 2.00 bits per heavy atom. The molecule has 1 nitrogen and oxygen atoms in total. The summed E-state index contributed by atoms with van der Waals surface area (Å²) in [5.41, 5.74) is 0. The van der Waals surface area contributed by atoms with Gasteiger partial charge < -0.3 is 0 Å². The Labute approximate surface area is 48.1 Å². The summed E-state index contributed by atoms with van der Waals surface area (Å²) in [6.07, 6.45) is 2.52. The van der Waals surface area contributed by atoms with Crippen LogP contribution in [0.15, 0.2) is 0 Å². The van der Waals surface area contributed by atoms with Gasteiger partial charge in [-0.25, -0.2) is 0 Å². The lowest BCUT2D eigenvalue weighted by molar-refractivity contribution is -0.120. The molecule has 0 unspecified atom stereocenters. The van der Waals surface area contributed by atoms with E-state index < -0.39 is 0 Å². The molecule has 2 atom stereocenters. The molecule has 0 saturated heterocycles. The van der Waals surface area contributed by atoms with Crippen LogP contribution in [0.3, 0.4) is 0 Å². The van der Waals surface area contributed by atoms with E-state index in [0.29, 0.717) is 17.6 Å². The number of carbonyl (C=O) groups is 1. The highest BCUT2D eigenvalue weighted by Gasteiger charge is 2.68. The van der Waals surface area contributed by atoms with Crippen LogP contribution in [-0.2, 0) is 4.79 Å². The third-order valence-corrected chi connectivity index (χ3v) is 3.18. The van der Waals surface area contributed by atoms with Crippen molar-refractivity contribution < 1.29 is 4.79 Å². The summed E-state index contributed by atoms with van der Waals surface area (Å²) in [6, 6.07) is 0. The van der Waals surface area contributed by atoms with Gasteiger partial charge in [0.05, 0.1) is 0 Å². The van der Waals surface area contributed by atoms with Gasteiger partial charge in [-0.2, -0.15) is 0 Å². The standard InChI is InChI=1S/C7H8O/c8-7-3-1-4-5(2-3)6(4)7/h3-6H,1-2H2/t3?,4-,5-,6?/m0/s1. The fourth-order valence-corrected chi connectivity index (χ4v) is 2.77. The number of Topliss-reactive ketones (excluding diaryl/α,β-unsaturated/α-hetero) is 1. The van der Waals surface area contributed by atoms with E-state index in [1.54, 1.807) is 0 Å². The van der Waals surface area contributed by atoms with Crippen LogP contribution in [0.4, 0.5) is 0 Å². The highest BCUT2D eigenvalue weighted by Crippen LogP contribution is 2.68. The van der Waals surface area contributed by atoms with Crippen molar-refractivity contribution in [3.63, 3.8) is 0 Å². The quantitative estimate of drug-likeness (QED) is 0.449. The van der Waals surface area contributed by atoms with Gasteiger partial charge in [0.2, 0.25) is 0 Å². The first kappa shape index (κ1) is 3.65. The second-order valence-electron chi connectivity index (χ2n) is 3.42. The summed E-state index contributed by atoms with van der Waals surface area (Å²) in [7, 11) is 0. The first-order chi connectivity index (χ1) is 3.88. The fourth-order valence-electron chi connectivity index (χ4n) is 2.77. The first-order valence-corrected chi connectivity index (χ1v) is 3.41. The van der Waals surface area contributed by atoms with Crippen LogP contribution in [0.2, 0.25) is 0 Å². The summed E-state index contributed by atoms with van der Waals surface area (Å²) >= 11 is 0. The minimum absolute atomic E-state index is 0.537. The Balaban J connectivity index is 2.21. The Morgan fingerprint density at radius 2 is 1.88 bits per heavy atom. The maximum Gasteiger partial charge on any atom is 0.139 e. The SMILES string of the molecule is O=C1C2C[C@@H]3C1[C@H]3C2. The van der Waals surface area contributed by atoms with E-state index >= 15 is 0 Å². The van der Waals surface area contributed by atoms with Gasteiger partial charge in [0.15, 0.2) is 0 Å². The molecule has 4 saturated carbocycles. The van der Waals surface area contributed by atoms with Gasteiger partial charge in [-0.3, -0.25) is 4.79 Å². The van der Waals surface area contributed by atoms with Gasteiger partial charge in [-0.15, -0.1) is 0 Å². The fraction of sp³-hybridized carbons (Fsp3) is 0.857. The van der Waals surface area contributed by atoms with E-state index in [0.717, 1.165) is 11.8 Å². The van der Waals surface area contributed by atoms with E-state index in [2.05, 4.69) is 0 Å². The van der Waals surface area contributed by atoms with Crippen molar-refractivity contribution in [1.82, 2.24) is 0 Å². The molecule has 0 amide bonds. The highest BCUT2D eigenvalue weighted by molar-refractivity contribution is 5.92. The zero-order valence-corrected chi connectivity index (χ0v) is 4.63. The third-order valence-electron chi connectivity index (χ3n) is 3.18. The van der Waals surface area contributed by atoms with Crippen molar-refractivity contribution in [3.05, 3.63) is 0 Å². The molecule has 0 radical (unpaired) electrons. The molecule has 0 N–H and O–H groups in total. The molecule has 4 bridgehead atoms. The van der Waals surface area contributed by atoms with Crippen LogP contribution in [0.5, 0.6) is 0 Å². The van der Waals surface area contributed by atoms with E-state index in [1.807, 2.05) is 0 Å². The first-order valence-electron chi connectivity index (χ1n) is 3.41. The third kappa shape index (κ3) is 0.188. The number of hydrogen-bond acceptors (Lipinski definition) is 1. The molecule has 0 aromatic carbocycles. The molecular formula is C7H8O. The van der Waals surface area contributed by atoms with Gasteiger partial charge in [0.1, 0.15) is 5.78 Å². The van der Waals surface area contributed by atoms with E-state index in [-0.39, 0.29) is 0 Å². The van der Waals surface area contributed by atoms with E-state index in [4.69, 9.17) is 0 Å². The molecule has 0 spiro atoms. The van der Waals surface area contributed by atoms with E-state index in [9.17, 15) is 4.79 Å². The Morgan fingerprint density at radius 1 is 1.25 bits per heavy atom. The van der Waals surface area contributed by atoms with Crippen molar-refractivity contribution in [2.75, 3.05) is 0 Å². The monoisotopic (exact) mass is 108 g/mol. The summed E-state index contributed by atoms with van der Waals surface area (Å²) in [4.78, 5) is 11.0. The molecule has 4 aliphatic carbocycles. The number of carbonyl (C=O) groups excluding carboxylic acids is 1. The second kappa shape index (κ2) is 0.772. The van der Waals surface area contributed by atoms with Crippen LogP contribution >= 0.6 is 0 Å². The van der Waals surface area contributed by atoms with Gasteiger partial charge in [-0.05, 0) is 24.7 Å². The lowest BCUT2D eigenvalue weighted by atomic mass is 10.1. The average Bonchev–Trinajstić information content (AvgIpc) is 2.23. The van der Waals surface area contributed by atoms with Crippen LogP contribution in [0.1, 0.15) is 12.8 Å². The van der Waals surface area contributed by atoms with Crippen LogP contribution in [0.25, 0.3) is 0 Å². The lowest BCUT2D eigenvalue weighted by Crippen LogP contribution is -2.00. The molecule has 42 valence electrons. The number of ketones is 1. The molecule has 0 aromatic rings. The molecule has 1 heteroatoms. The van der Waals surface area contributed by atoms with Crippen molar-refractivity contribution in [2.24, 2.45) is 23.7 Å². The Hall–Kier alpha value is -0.330. The summed E-state index contributed by atoms with van der Waals surface area (Å²) < 4.78 is 0. The van der Waals surface area contributed by atoms with Gasteiger partial charge in [0.25, 0.3) is 0 Å². The summed E-state index contributed by atoms with van der Waals surface area (Å²) in [6.45, 7) is 0. The smallest absolute Gasteiger partial charge is 0.139 e. The summed E-state index contributed by atoms with van der Waals surface area (Å²) in [5, 5.41) is 0. The van der Waals surface area contributed by atoms with Crippen LogP contribution in [0, 0.1) is 23.7 Å². The predicted molar refractivity (Wildman–Crippen MR) is 28.2 cm³/mol. The van der Waals surface area contributed by atoms with E-state index in [1.165, 1.54) is 12.8 Å². The van der Waals surface area contributed by atoms with Crippen molar-refractivity contribution in [1.29, 1.82) is 0 Å². The highest BCUT2D eigenvalue weighted by atomic mass is 16.1. The molecule has 0 aromatic heterocycles. The van der Waals surface area contributed by atoms with Crippen molar-refractivity contribution in [3.8, 4) is 0 Å². The molecule has 0 aliphatic heterocycles. The molecule has 8 heavy (non-hydrogen) atoms. The molecule has 4 rings (SSSR count). The number of rotatable bonds is 0. The number of hydrogen-bond donors (Lipinski definition) is 0. The maximum absolute atomic E-state index is 11.0. The average molecular weight is 108 g/mol. The predicted octanol–water partition coefficient (Wildman–Crippen LogP) is 0.841. The second-order valence-corrected chi connectivity index (χ2v) is 3.42. The molecule has 4 fully saturated rings. The van der Waals surface area contributed by atoms with Crippen LogP contribution < -0.4 is 0 Å². The van der Waals surface area contributed by atoms with Crippen molar-refractivity contribution >= 4 is 5.78 Å². The summed E-state index contributed by atoms with van der Waals surface area (Å²) in [5.74, 6) is 3.50. The Kier molecular flexibility index (Phi) is 0.352. The minimum atomic E-state index is 0.537. The Bertz CT molecular complexity index is 157.